The molecule has 0 aliphatic rings. The minimum atomic E-state index is -1.26. The van der Waals surface area contributed by atoms with E-state index >= 15 is 0 Å². The molecule has 6 N–H and O–H groups in total. The average Bonchev–Trinajstić information content (AvgIpc) is 3.92. The molecule has 60 heavy (non-hydrogen) atoms. The Hall–Kier alpha value is -6.74. The fourth-order valence-electron chi connectivity index (χ4n) is 3.88. The Labute approximate surface area is 355 Å². The summed E-state index contributed by atoms with van der Waals surface area (Å²) in [6.45, 7) is 5.90. The fraction of sp³-hybridized carbons (Fsp3) is 0.250. The van der Waals surface area contributed by atoms with Crippen LogP contribution in [-0.2, 0) is 41.9 Å². The quantitative estimate of drug-likeness (QED) is 0.0749. The molecule has 0 spiro atoms. The van der Waals surface area contributed by atoms with Crippen molar-refractivity contribution in [2.24, 2.45) is 0 Å². The number of thiophene rings is 2. The zero-order valence-electron chi connectivity index (χ0n) is 33.4. The summed E-state index contributed by atoms with van der Waals surface area (Å²) in [4.78, 5) is 78.0. The van der Waals surface area contributed by atoms with Gasteiger partial charge in [0.2, 0.25) is 0 Å². The highest BCUT2D eigenvalue weighted by Crippen LogP contribution is 2.18. The highest BCUT2D eigenvalue weighted by Gasteiger charge is 2.10. The van der Waals surface area contributed by atoms with Crippen molar-refractivity contribution < 1.29 is 59.4 Å². The van der Waals surface area contributed by atoms with Crippen LogP contribution < -0.4 is 9.80 Å². The molecule has 0 aliphatic carbocycles. The van der Waals surface area contributed by atoms with Crippen LogP contribution in [0.5, 0.6) is 0 Å². The van der Waals surface area contributed by atoms with Crippen LogP contribution >= 0.6 is 22.7 Å². The van der Waals surface area contributed by atoms with Crippen molar-refractivity contribution in [2.75, 3.05) is 64.2 Å². The smallest absolute Gasteiger partial charge is 0.328 e. The number of likely N-dealkylation sites (N-methyl/N-ethyl adjacent to an activating group) is 2. The van der Waals surface area contributed by atoms with Crippen LogP contribution in [0.1, 0.15) is 9.75 Å². The molecule has 0 amide bonds. The average molecular weight is 871 g/mol. The molecule has 4 heterocycles. The second-order valence-electron chi connectivity index (χ2n) is 12.0. The second-order valence-corrected chi connectivity index (χ2v) is 14.1. The van der Waals surface area contributed by atoms with E-state index in [4.69, 9.17) is 30.6 Å². The number of carbonyl (C=O) groups is 6. The van der Waals surface area contributed by atoms with Gasteiger partial charge in [0, 0.05) is 84.8 Å². The normalized spacial score (nSPS) is 10.3. The number of pyridine rings is 2. The fourth-order valence-corrected chi connectivity index (χ4v) is 5.32. The number of rotatable bonds is 18. The number of hydrogen-bond acceptors (Lipinski definition) is 14. The minimum Gasteiger partial charge on any atom is -0.478 e. The maximum atomic E-state index is 9.55. The van der Waals surface area contributed by atoms with E-state index in [0.717, 1.165) is 50.9 Å². The lowest BCUT2D eigenvalue weighted by Crippen LogP contribution is -2.31. The SMILES string of the molecule is CN(C)CCN(Cc1cccs1)c1ccccn1.CN(C)CCN(Cc1cccs1)c1ccccn1.O=C(O)C=CC(=O)O.O=C(O)C=CC(=O)O.O=C(O)C=CC(=O)O. The Kier molecular flexibility index (Phi) is 28.6. The molecule has 0 aromatic carbocycles. The molecule has 20 heteroatoms. The predicted molar refractivity (Wildman–Crippen MR) is 230 cm³/mol. The summed E-state index contributed by atoms with van der Waals surface area (Å²) in [6.07, 6.45) is 7.05. The molecular formula is C40H50N6O12S2. The summed E-state index contributed by atoms with van der Waals surface area (Å²) in [7, 11) is 8.40. The van der Waals surface area contributed by atoms with Crippen molar-refractivity contribution in [3.63, 3.8) is 0 Å². The van der Waals surface area contributed by atoms with Gasteiger partial charge in [-0.25, -0.2) is 38.7 Å². The molecule has 0 bridgehead atoms. The van der Waals surface area contributed by atoms with E-state index in [9.17, 15) is 28.8 Å². The third kappa shape index (κ3) is 31.4. The van der Waals surface area contributed by atoms with Crippen molar-refractivity contribution in [1.82, 2.24) is 19.8 Å². The van der Waals surface area contributed by atoms with Crippen LogP contribution in [0.2, 0.25) is 0 Å². The lowest BCUT2D eigenvalue weighted by Gasteiger charge is -2.24. The maximum absolute atomic E-state index is 9.55. The number of nitrogens with zero attached hydrogens (tertiary/aromatic N) is 6. The van der Waals surface area contributed by atoms with Crippen LogP contribution in [0.25, 0.3) is 0 Å². The first-order valence-electron chi connectivity index (χ1n) is 17.5. The molecule has 4 aromatic rings. The van der Waals surface area contributed by atoms with Crippen molar-refractivity contribution in [3.8, 4) is 0 Å². The Bertz CT molecular complexity index is 1690. The van der Waals surface area contributed by atoms with Crippen molar-refractivity contribution in [2.45, 2.75) is 13.1 Å². The standard InChI is InChI=1S/2C14H19N3S.3C4H4O4/c2*1-16(2)9-10-17(12-13-6-5-11-18-13)14-7-3-4-8-15-14;3*5-3(6)1-2-4(7)8/h2*3-8,11H,9-10,12H2,1-2H3;3*1-2H,(H,5,6)(H,7,8). The van der Waals surface area contributed by atoms with Gasteiger partial charge in [-0.3, -0.25) is 0 Å². The van der Waals surface area contributed by atoms with Gasteiger partial charge in [-0.15, -0.1) is 22.7 Å². The van der Waals surface area contributed by atoms with E-state index in [0.29, 0.717) is 36.5 Å². The number of aliphatic carboxylic acids is 6. The van der Waals surface area contributed by atoms with Crippen LogP contribution in [0.4, 0.5) is 11.6 Å². The number of carboxylic acid groups (broad SMARTS) is 6. The van der Waals surface area contributed by atoms with Gasteiger partial charge in [-0.2, -0.15) is 0 Å². The monoisotopic (exact) mass is 870 g/mol. The lowest BCUT2D eigenvalue weighted by atomic mass is 10.3. The molecule has 0 radical (unpaired) electrons. The van der Waals surface area contributed by atoms with Gasteiger partial charge in [-0.05, 0) is 75.3 Å². The summed E-state index contributed by atoms with van der Waals surface area (Å²) in [5, 5.41) is 51.1. The van der Waals surface area contributed by atoms with Crippen LogP contribution in [0, 0.1) is 0 Å². The minimum absolute atomic E-state index is 0.558. The van der Waals surface area contributed by atoms with Gasteiger partial charge in [0.05, 0.1) is 13.1 Å². The molecule has 0 aliphatic heterocycles. The molecule has 0 atom stereocenters. The molecule has 324 valence electrons. The van der Waals surface area contributed by atoms with Crippen molar-refractivity contribution in [3.05, 3.63) is 130 Å². The summed E-state index contributed by atoms with van der Waals surface area (Å²) < 4.78 is 0. The Morgan fingerprint density at radius 3 is 0.967 bits per heavy atom. The van der Waals surface area contributed by atoms with E-state index < -0.39 is 35.8 Å². The van der Waals surface area contributed by atoms with Crippen LogP contribution in [-0.4, -0.2) is 141 Å². The third-order valence-corrected chi connectivity index (χ3v) is 8.26. The number of carboxylic acids is 6. The molecule has 0 saturated heterocycles. The Morgan fingerprint density at radius 1 is 0.467 bits per heavy atom. The molecular weight excluding hydrogens is 821 g/mol. The summed E-state index contributed by atoms with van der Waals surface area (Å²) in [5.41, 5.74) is 0. The predicted octanol–water partition coefficient (Wildman–Crippen LogP) is 4.56. The van der Waals surface area contributed by atoms with E-state index in [2.05, 4.69) is 105 Å². The number of aromatic nitrogens is 2. The second kappa shape index (κ2) is 32.2. The number of anilines is 2. The molecule has 0 saturated carbocycles. The lowest BCUT2D eigenvalue weighted by molar-refractivity contribution is -0.134. The van der Waals surface area contributed by atoms with Crippen molar-refractivity contribution in [1.29, 1.82) is 0 Å². The molecule has 18 nitrogen and oxygen atoms in total. The topological polar surface area (TPSA) is 263 Å². The summed E-state index contributed by atoms with van der Waals surface area (Å²) >= 11 is 3.59. The highest BCUT2D eigenvalue weighted by atomic mass is 32.1. The van der Waals surface area contributed by atoms with E-state index in [1.165, 1.54) is 9.75 Å². The Balaban J connectivity index is 0.000000772. The van der Waals surface area contributed by atoms with Crippen LogP contribution in [0.15, 0.2) is 120 Å². The van der Waals surface area contributed by atoms with Crippen molar-refractivity contribution >= 4 is 70.1 Å². The third-order valence-electron chi connectivity index (χ3n) is 6.54. The molecule has 0 unspecified atom stereocenters. The number of hydrogen-bond donors (Lipinski definition) is 6. The van der Waals surface area contributed by atoms with Gasteiger partial charge < -0.3 is 50.2 Å². The highest BCUT2D eigenvalue weighted by molar-refractivity contribution is 7.10. The zero-order valence-corrected chi connectivity index (χ0v) is 35.1. The first-order valence-corrected chi connectivity index (χ1v) is 19.2. The van der Waals surface area contributed by atoms with Gasteiger partial charge in [-0.1, -0.05) is 24.3 Å². The molecule has 4 aromatic heterocycles. The van der Waals surface area contributed by atoms with E-state index in [1.807, 2.05) is 36.7 Å². The summed E-state index contributed by atoms with van der Waals surface area (Å²) in [5.74, 6) is -5.44. The van der Waals surface area contributed by atoms with Gasteiger partial charge >= 0.3 is 35.8 Å². The largest absolute Gasteiger partial charge is 0.478 e. The maximum Gasteiger partial charge on any atom is 0.328 e. The molecule has 4 rings (SSSR count). The molecule has 0 fully saturated rings. The summed E-state index contributed by atoms with van der Waals surface area (Å²) in [6, 6.07) is 20.7. The Morgan fingerprint density at radius 2 is 0.767 bits per heavy atom. The van der Waals surface area contributed by atoms with E-state index in [-0.39, 0.29) is 0 Å². The first kappa shape index (κ1) is 53.3. The zero-order chi connectivity index (χ0) is 45.3. The van der Waals surface area contributed by atoms with Gasteiger partial charge in [0.15, 0.2) is 0 Å². The van der Waals surface area contributed by atoms with E-state index in [1.54, 1.807) is 22.7 Å². The van der Waals surface area contributed by atoms with Crippen LogP contribution in [0.3, 0.4) is 0 Å². The van der Waals surface area contributed by atoms with Gasteiger partial charge in [0.25, 0.3) is 0 Å². The van der Waals surface area contributed by atoms with Gasteiger partial charge in [0.1, 0.15) is 11.6 Å². The first-order chi connectivity index (χ1) is 28.4.